The van der Waals surface area contributed by atoms with Gasteiger partial charge >= 0.3 is 6.61 Å². The third-order valence-electron chi connectivity index (χ3n) is 3.23. The van der Waals surface area contributed by atoms with Gasteiger partial charge in [0.2, 0.25) is 0 Å². The Morgan fingerprint density at radius 2 is 2.09 bits per heavy atom. The van der Waals surface area contributed by atoms with Gasteiger partial charge in [-0.3, -0.25) is 5.10 Å². The molecular formula is C15H7F3IN3O. The monoisotopic (exact) mass is 429 g/mol. The number of H-pyrrole nitrogens is 1. The molecule has 1 N–H and O–H groups in total. The predicted molar refractivity (Wildman–Crippen MR) is 85.6 cm³/mol. The highest BCUT2D eigenvalue weighted by molar-refractivity contribution is 14.1. The summed E-state index contributed by atoms with van der Waals surface area (Å²) >= 11 is 2.00. The highest BCUT2D eigenvalue weighted by Crippen LogP contribution is 2.37. The van der Waals surface area contributed by atoms with Crippen LogP contribution in [0.15, 0.2) is 30.3 Å². The molecule has 0 fully saturated rings. The number of alkyl halides is 2. The Labute approximate surface area is 142 Å². The van der Waals surface area contributed by atoms with Gasteiger partial charge in [-0.15, -0.1) is 0 Å². The molecule has 0 atom stereocenters. The normalized spacial score (nSPS) is 11.0. The Morgan fingerprint density at radius 3 is 2.78 bits per heavy atom. The molecule has 0 spiro atoms. The maximum absolute atomic E-state index is 14.3. The minimum absolute atomic E-state index is 0.115. The molecule has 0 unspecified atom stereocenters. The van der Waals surface area contributed by atoms with Gasteiger partial charge in [0.05, 0.1) is 22.7 Å². The average Bonchev–Trinajstić information content (AvgIpc) is 2.86. The van der Waals surface area contributed by atoms with Gasteiger partial charge in [-0.05, 0) is 46.9 Å². The zero-order valence-electron chi connectivity index (χ0n) is 11.3. The van der Waals surface area contributed by atoms with Gasteiger partial charge in [-0.25, -0.2) is 4.39 Å². The van der Waals surface area contributed by atoms with Crippen molar-refractivity contribution >= 4 is 33.5 Å². The van der Waals surface area contributed by atoms with Crippen LogP contribution >= 0.6 is 22.6 Å². The molecular weight excluding hydrogens is 422 g/mol. The molecule has 0 aliphatic rings. The second kappa shape index (κ2) is 6.08. The zero-order chi connectivity index (χ0) is 16.6. The highest BCUT2D eigenvalue weighted by Gasteiger charge is 2.20. The van der Waals surface area contributed by atoms with E-state index in [0.717, 1.165) is 6.07 Å². The Hall–Kier alpha value is -2.28. The molecule has 23 heavy (non-hydrogen) atoms. The summed E-state index contributed by atoms with van der Waals surface area (Å²) in [5.74, 6) is -1.08. The summed E-state index contributed by atoms with van der Waals surface area (Å²) in [6.07, 6.45) is 0. The minimum atomic E-state index is -3.10. The molecule has 0 saturated heterocycles. The van der Waals surface area contributed by atoms with Crippen molar-refractivity contribution in [2.45, 2.75) is 6.61 Å². The molecule has 8 heteroatoms. The van der Waals surface area contributed by atoms with Crippen molar-refractivity contribution in [1.82, 2.24) is 10.2 Å². The molecule has 3 rings (SSSR count). The largest absolute Gasteiger partial charge is 0.434 e. The van der Waals surface area contributed by atoms with Crippen LogP contribution < -0.4 is 4.74 Å². The molecule has 1 aromatic heterocycles. The first-order valence-electron chi connectivity index (χ1n) is 6.32. The van der Waals surface area contributed by atoms with Crippen molar-refractivity contribution in [3.05, 3.63) is 45.4 Å². The lowest BCUT2D eigenvalue weighted by atomic mass is 9.97. The van der Waals surface area contributed by atoms with Gasteiger partial charge < -0.3 is 4.74 Å². The third kappa shape index (κ3) is 2.84. The second-order valence-electron chi connectivity index (χ2n) is 4.56. The number of ether oxygens (including phenoxy) is 1. The number of benzene rings is 2. The van der Waals surface area contributed by atoms with Gasteiger partial charge in [0, 0.05) is 10.9 Å². The van der Waals surface area contributed by atoms with Crippen LogP contribution in [0.4, 0.5) is 13.2 Å². The van der Waals surface area contributed by atoms with E-state index in [9.17, 15) is 18.4 Å². The first-order valence-corrected chi connectivity index (χ1v) is 7.40. The summed E-state index contributed by atoms with van der Waals surface area (Å²) in [6.45, 7) is -3.10. The molecule has 0 bridgehead atoms. The molecule has 1 heterocycles. The van der Waals surface area contributed by atoms with Crippen LogP contribution in [0.1, 0.15) is 5.56 Å². The fraction of sp³-hybridized carbons (Fsp3) is 0.0667. The summed E-state index contributed by atoms with van der Waals surface area (Å²) in [4.78, 5) is 0. The van der Waals surface area contributed by atoms with Gasteiger partial charge in [-0.1, -0.05) is 6.07 Å². The zero-order valence-corrected chi connectivity index (χ0v) is 13.4. The summed E-state index contributed by atoms with van der Waals surface area (Å²) < 4.78 is 44.5. The number of halogens is 4. The Morgan fingerprint density at radius 1 is 1.30 bits per heavy atom. The molecule has 3 aromatic rings. The lowest BCUT2D eigenvalue weighted by molar-refractivity contribution is -0.0495. The van der Waals surface area contributed by atoms with Crippen LogP contribution in [0.2, 0.25) is 0 Å². The number of nitrogens with one attached hydrogen (secondary N) is 1. The highest BCUT2D eigenvalue weighted by atomic mass is 127. The standard InChI is InChI=1S/C15H7F3IN3O/c16-10-2-1-3-12(23-15(17)18)13(10)8-5-9-11(4-7(8)6-20)21-22-14(9)19/h1-5,15H,(H,21,22). The fourth-order valence-corrected chi connectivity index (χ4v) is 2.84. The van der Waals surface area contributed by atoms with E-state index in [4.69, 9.17) is 0 Å². The van der Waals surface area contributed by atoms with E-state index in [0.29, 0.717) is 14.6 Å². The number of nitriles is 1. The van der Waals surface area contributed by atoms with Crippen molar-refractivity contribution in [2.75, 3.05) is 0 Å². The smallest absolute Gasteiger partial charge is 0.387 e. The summed E-state index contributed by atoms with van der Waals surface area (Å²) in [7, 11) is 0. The lowest BCUT2D eigenvalue weighted by Crippen LogP contribution is -2.04. The fourth-order valence-electron chi connectivity index (χ4n) is 2.29. The number of aromatic amines is 1. The van der Waals surface area contributed by atoms with Crippen LogP contribution in [0, 0.1) is 20.8 Å². The van der Waals surface area contributed by atoms with Crippen molar-refractivity contribution in [1.29, 1.82) is 5.26 Å². The van der Waals surface area contributed by atoms with E-state index >= 15 is 0 Å². The molecule has 2 aromatic carbocycles. The number of fused-ring (bicyclic) bond motifs is 1. The molecule has 0 saturated carbocycles. The van der Waals surface area contributed by atoms with Crippen molar-refractivity contribution in [3.8, 4) is 22.9 Å². The van der Waals surface area contributed by atoms with E-state index in [-0.39, 0.29) is 22.4 Å². The van der Waals surface area contributed by atoms with Crippen LogP contribution in [0.25, 0.3) is 22.0 Å². The van der Waals surface area contributed by atoms with Crippen molar-refractivity contribution < 1.29 is 17.9 Å². The summed E-state index contributed by atoms with van der Waals surface area (Å²) in [5, 5.41) is 16.7. The minimum Gasteiger partial charge on any atom is -0.434 e. The molecule has 0 radical (unpaired) electrons. The van der Waals surface area contributed by atoms with E-state index in [2.05, 4.69) is 14.9 Å². The lowest BCUT2D eigenvalue weighted by Gasteiger charge is -2.13. The van der Waals surface area contributed by atoms with E-state index in [1.807, 2.05) is 28.7 Å². The Bertz CT molecular complexity index is 934. The maximum atomic E-state index is 14.3. The Balaban J connectivity index is 2.32. The number of hydrogen-bond donors (Lipinski definition) is 1. The molecule has 0 aliphatic carbocycles. The quantitative estimate of drug-likeness (QED) is 0.627. The molecule has 116 valence electrons. The molecule has 0 aliphatic heterocycles. The summed E-state index contributed by atoms with van der Waals surface area (Å²) in [5.41, 5.74) is 0.642. The van der Waals surface area contributed by atoms with Gasteiger partial charge in [0.15, 0.2) is 0 Å². The van der Waals surface area contributed by atoms with Crippen LogP contribution in [0.3, 0.4) is 0 Å². The Kier molecular flexibility index (Phi) is 4.12. The number of hydrogen-bond acceptors (Lipinski definition) is 3. The van der Waals surface area contributed by atoms with Crippen molar-refractivity contribution in [2.24, 2.45) is 0 Å². The number of aromatic nitrogens is 2. The SMILES string of the molecule is N#Cc1cc2n[nH]c(I)c2cc1-c1c(F)cccc1OC(F)F. The first kappa shape index (κ1) is 15.6. The van der Waals surface area contributed by atoms with Gasteiger partial charge in [0.1, 0.15) is 15.3 Å². The third-order valence-corrected chi connectivity index (χ3v) is 4.05. The van der Waals surface area contributed by atoms with E-state index in [1.54, 1.807) is 0 Å². The first-order chi connectivity index (χ1) is 11.0. The molecule has 0 amide bonds. The second-order valence-corrected chi connectivity index (χ2v) is 5.63. The number of nitrogens with zero attached hydrogens (tertiary/aromatic N) is 2. The maximum Gasteiger partial charge on any atom is 0.387 e. The van der Waals surface area contributed by atoms with Crippen LogP contribution in [-0.4, -0.2) is 16.8 Å². The van der Waals surface area contributed by atoms with Crippen LogP contribution in [-0.2, 0) is 0 Å². The van der Waals surface area contributed by atoms with Gasteiger partial charge in [-0.2, -0.15) is 19.1 Å². The molecule has 4 nitrogen and oxygen atoms in total. The van der Waals surface area contributed by atoms with E-state index in [1.165, 1.54) is 24.3 Å². The topological polar surface area (TPSA) is 61.7 Å². The van der Waals surface area contributed by atoms with Crippen molar-refractivity contribution in [3.63, 3.8) is 0 Å². The summed E-state index contributed by atoms with van der Waals surface area (Å²) in [6, 6.07) is 8.57. The average molecular weight is 429 g/mol. The van der Waals surface area contributed by atoms with E-state index < -0.39 is 12.4 Å². The number of rotatable bonds is 3. The van der Waals surface area contributed by atoms with Gasteiger partial charge in [0.25, 0.3) is 0 Å². The predicted octanol–water partition coefficient (Wildman–Crippen LogP) is 4.45. The van der Waals surface area contributed by atoms with Crippen LogP contribution in [0.5, 0.6) is 5.75 Å².